The van der Waals surface area contributed by atoms with Crippen LogP contribution in [0.4, 0.5) is 0 Å². The van der Waals surface area contributed by atoms with Crippen molar-refractivity contribution in [2.45, 2.75) is 96.8 Å². The summed E-state index contributed by atoms with van der Waals surface area (Å²) in [6.45, 7) is 4.53. The zero-order chi connectivity index (χ0) is 21.0. The van der Waals surface area contributed by atoms with Crippen molar-refractivity contribution >= 4 is 6.08 Å². The number of hydrogen-bond donors (Lipinski definition) is 0. The van der Waals surface area contributed by atoms with Crippen LogP contribution in [0.15, 0.2) is 54.6 Å². The summed E-state index contributed by atoms with van der Waals surface area (Å²) < 4.78 is 0. The number of allylic oxidation sites excluding steroid dienone is 1. The van der Waals surface area contributed by atoms with E-state index in [0.29, 0.717) is 0 Å². The van der Waals surface area contributed by atoms with Crippen LogP contribution in [-0.2, 0) is 12.8 Å². The number of rotatable bonds is 11. The fourth-order valence-corrected chi connectivity index (χ4v) is 4.89. The minimum Gasteiger partial charge on any atom is -0.0840 e. The third kappa shape index (κ3) is 7.46. The molecule has 0 nitrogen and oxygen atoms in total. The van der Waals surface area contributed by atoms with Gasteiger partial charge in [-0.25, -0.2) is 0 Å². The molecule has 0 atom stereocenters. The number of aryl methyl sites for hydroxylation is 2. The van der Waals surface area contributed by atoms with Crippen LogP contribution in [0.1, 0.15) is 106 Å². The van der Waals surface area contributed by atoms with Gasteiger partial charge in [0, 0.05) is 0 Å². The van der Waals surface area contributed by atoms with E-state index in [-0.39, 0.29) is 0 Å². The minimum absolute atomic E-state index is 0.801. The minimum atomic E-state index is 0.801. The van der Waals surface area contributed by atoms with Gasteiger partial charge in [-0.3, -0.25) is 0 Å². The molecule has 1 fully saturated rings. The molecule has 0 aromatic heterocycles. The second kappa shape index (κ2) is 12.8. The predicted molar refractivity (Wildman–Crippen MR) is 133 cm³/mol. The molecule has 0 spiro atoms. The van der Waals surface area contributed by atoms with Gasteiger partial charge in [-0.05, 0) is 79.0 Å². The number of hydrogen-bond acceptors (Lipinski definition) is 0. The third-order valence-corrected chi connectivity index (χ3v) is 6.96. The monoisotopic (exact) mass is 402 g/mol. The van der Waals surface area contributed by atoms with Crippen LogP contribution in [0.25, 0.3) is 6.08 Å². The summed E-state index contributed by atoms with van der Waals surface area (Å²) in [5.74, 6) is 1.80. The molecular formula is C30H42. The van der Waals surface area contributed by atoms with Crippen molar-refractivity contribution < 1.29 is 0 Å². The Bertz CT molecular complexity index is 727. The Morgan fingerprint density at radius 2 is 1.37 bits per heavy atom. The average Bonchev–Trinajstić information content (AvgIpc) is 2.80. The molecule has 30 heavy (non-hydrogen) atoms. The zero-order valence-electron chi connectivity index (χ0n) is 19.4. The van der Waals surface area contributed by atoms with Crippen LogP contribution in [0.5, 0.6) is 0 Å². The smallest absolute Gasteiger partial charge is 0.0162 e. The van der Waals surface area contributed by atoms with Gasteiger partial charge < -0.3 is 0 Å². The van der Waals surface area contributed by atoms with Gasteiger partial charge in [0.25, 0.3) is 0 Å². The molecule has 0 bridgehead atoms. The van der Waals surface area contributed by atoms with E-state index in [4.69, 9.17) is 0 Å². The molecule has 0 aliphatic heterocycles. The first kappa shape index (κ1) is 22.9. The SMILES string of the molecule is CCC/C=C/c1ccc(CCc2ccc(C3CCC(CCCCC)CC3)cc2)cc1. The molecule has 0 radical (unpaired) electrons. The molecule has 3 rings (SSSR count). The molecule has 0 heterocycles. The molecule has 0 saturated heterocycles. The fraction of sp³-hybridized carbons (Fsp3) is 0.533. The normalized spacial score (nSPS) is 19.4. The predicted octanol–water partition coefficient (Wildman–Crippen LogP) is 9.14. The summed E-state index contributed by atoms with van der Waals surface area (Å²) in [6, 6.07) is 18.7. The van der Waals surface area contributed by atoms with Crippen LogP contribution >= 0.6 is 0 Å². The first-order chi connectivity index (χ1) is 14.8. The third-order valence-electron chi connectivity index (χ3n) is 6.96. The van der Waals surface area contributed by atoms with Gasteiger partial charge in [-0.2, -0.15) is 0 Å². The lowest BCUT2D eigenvalue weighted by Crippen LogP contribution is -2.13. The van der Waals surface area contributed by atoms with Crippen molar-refractivity contribution in [3.63, 3.8) is 0 Å². The van der Waals surface area contributed by atoms with E-state index in [9.17, 15) is 0 Å². The van der Waals surface area contributed by atoms with Gasteiger partial charge in [-0.15, -0.1) is 0 Å². The molecular weight excluding hydrogens is 360 g/mol. The van der Waals surface area contributed by atoms with E-state index in [1.807, 2.05) is 0 Å². The fourth-order valence-electron chi connectivity index (χ4n) is 4.89. The lowest BCUT2D eigenvalue weighted by Gasteiger charge is -2.29. The lowest BCUT2D eigenvalue weighted by molar-refractivity contribution is 0.303. The molecule has 1 aliphatic rings. The zero-order valence-corrected chi connectivity index (χ0v) is 19.4. The summed E-state index contributed by atoms with van der Waals surface area (Å²) in [5, 5.41) is 0. The standard InChI is InChI=1S/C30H42/c1-3-5-7-9-25-11-13-27(14-12-25)15-16-28-19-23-30(24-20-28)29-21-17-26(18-22-29)10-8-6-4-2/h7,9,11-14,19-20,23-24,26,29H,3-6,8,10,15-18,21-22H2,1-2H3/b9-7+. The maximum absolute atomic E-state index is 2.42. The van der Waals surface area contributed by atoms with Gasteiger partial charge >= 0.3 is 0 Å². The van der Waals surface area contributed by atoms with Crippen molar-refractivity contribution in [2.75, 3.05) is 0 Å². The highest BCUT2D eigenvalue weighted by Crippen LogP contribution is 2.37. The summed E-state index contributed by atoms with van der Waals surface area (Å²) in [4.78, 5) is 0. The second-order valence-electron chi connectivity index (χ2n) is 9.39. The Labute approximate surface area is 185 Å². The molecule has 1 aliphatic carbocycles. The van der Waals surface area contributed by atoms with E-state index >= 15 is 0 Å². The highest BCUT2D eigenvalue weighted by Gasteiger charge is 2.21. The highest BCUT2D eigenvalue weighted by molar-refractivity contribution is 5.49. The van der Waals surface area contributed by atoms with E-state index in [2.05, 4.69) is 74.5 Å². The average molecular weight is 403 g/mol. The molecule has 0 heteroatoms. The van der Waals surface area contributed by atoms with E-state index in [1.54, 1.807) is 5.56 Å². The topological polar surface area (TPSA) is 0 Å². The summed E-state index contributed by atoms with van der Waals surface area (Å²) in [5.41, 5.74) is 5.80. The van der Waals surface area contributed by atoms with Gasteiger partial charge in [0.1, 0.15) is 0 Å². The molecule has 2 aromatic rings. The quantitative estimate of drug-likeness (QED) is 0.329. The molecule has 1 saturated carbocycles. The molecule has 2 aromatic carbocycles. The maximum atomic E-state index is 2.42. The van der Waals surface area contributed by atoms with Gasteiger partial charge in [0.2, 0.25) is 0 Å². The summed E-state index contributed by atoms with van der Waals surface area (Å²) >= 11 is 0. The van der Waals surface area contributed by atoms with Crippen molar-refractivity contribution in [1.82, 2.24) is 0 Å². The first-order valence-corrected chi connectivity index (χ1v) is 12.6. The van der Waals surface area contributed by atoms with Crippen molar-refractivity contribution in [3.8, 4) is 0 Å². The molecule has 0 N–H and O–H groups in total. The van der Waals surface area contributed by atoms with E-state index in [0.717, 1.165) is 31.1 Å². The van der Waals surface area contributed by atoms with Crippen LogP contribution in [0.2, 0.25) is 0 Å². The maximum Gasteiger partial charge on any atom is -0.0162 e. The molecule has 0 unspecified atom stereocenters. The van der Waals surface area contributed by atoms with Gasteiger partial charge in [0.15, 0.2) is 0 Å². The Morgan fingerprint density at radius 1 is 0.733 bits per heavy atom. The van der Waals surface area contributed by atoms with E-state index < -0.39 is 0 Å². The summed E-state index contributed by atoms with van der Waals surface area (Å²) in [7, 11) is 0. The van der Waals surface area contributed by atoms with Crippen molar-refractivity contribution in [3.05, 3.63) is 76.9 Å². The lowest BCUT2D eigenvalue weighted by atomic mass is 9.77. The number of unbranched alkanes of at least 4 members (excludes halogenated alkanes) is 3. The van der Waals surface area contributed by atoms with Crippen LogP contribution < -0.4 is 0 Å². The Hall–Kier alpha value is -1.82. The molecule has 0 amide bonds. The van der Waals surface area contributed by atoms with Crippen LogP contribution in [0.3, 0.4) is 0 Å². The highest BCUT2D eigenvalue weighted by atomic mass is 14.3. The molecule has 162 valence electrons. The van der Waals surface area contributed by atoms with Crippen LogP contribution in [0, 0.1) is 5.92 Å². The second-order valence-corrected chi connectivity index (χ2v) is 9.39. The Morgan fingerprint density at radius 3 is 1.97 bits per heavy atom. The van der Waals surface area contributed by atoms with E-state index in [1.165, 1.54) is 74.5 Å². The first-order valence-electron chi connectivity index (χ1n) is 12.6. The Balaban J connectivity index is 1.43. The Kier molecular flexibility index (Phi) is 9.74. The van der Waals surface area contributed by atoms with Crippen molar-refractivity contribution in [2.24, 2.45) is 5.92 Å². The summed E-state index contributed by atoms with van der Waals surface area (Å²) in [6.07, 6.45) is 20.5. The number of benzene rings is 2. The van der Waals surface area contributed by atoms with Crippen molar-refractivity contribution in [1.29, 1.82) is 0 Å². The largest absolute Gasteiger partial charge is 0.0840 e. The van der Waals surface area contributed by atoms with Gasteiger partial charge in [0.05, 0.1) is 0 Å². The van der Waals surface area contributed by atoms with Crippen LogP contribution in [-0.4, -0.2) is 0 Å². The van der Waals surface area contributed by atoms with Gasteiger partial charge in [-0.1, -0.05) is 107 Å².